The van der Waals surface area contributed by atoms with Crippen LogP contribution in [0.1, 0.15) is 19.8 Å². The fraction of sp³-hybridized carbons (Fsp3) is 0.800. The number of aliphatic hydroxyl groups excluding tert-OH is 1. The Kier molecular flexibility index (Phi) is 2.02. The average Bonchev–Trinajstić information content (AvgIpc) is 2.57. The van der Waals surface area contributed by atoms with Crippen LogP contribution in [-0.4, -0.2) is 29.2 Å². The van der Waals surface area contributed by atoms with Gasteiger partial charge < -0.3 is 5.11 Å². The topological polar surface area (TPSA) is 54.4 Å². The van der Waals surface area contributed by atoms with E-state index in [1.807, 2.05) is 0 Å². The third-order valence-corrected chi connectivity index (χ3v) is 4.71. The number of fused-ring (bicyclic) bond motifs is 2. The lowest BCUT2D eigenvalue weighted by molar-refractivity contribution is -0.141. The highest BCUT2D eigenvalue weighted by molar-refractivity contribution is 6.44. The summed E-state index contributed by atoms with van der Waals surface area (Å²) in [6, 6.07) is 0. The van der Waals surface area contributed by atoms with E-state index in [1.165, 1.54) is 0 Å². The summed E-state index contributed by atoms with van der Waals surface area (Å²) in [7, 11) is 0. The number of carbonyl (C=O) groups is 2. The molecule has 2 bridgehead atoms. The average molecular weight is 217 g/mol. The molecule has 2 fully saturated rings. The summed E-state index contributed by atoms with van der Waals surface area (Å²) < 4.78 is 0. The molecule has 0 saturated heterocycles. The molecule has 0 aliphatic heterocycles. The summed E-state index contributed by atoms with van der Waals surface area (Å²) in [4.78, 5) is 23.3. The van der Waals surface area contributed by atoms with E-state index >= 15 is 0 Å². The molecule has 2 aliphatic rings. The maximum Gasteiger partial charge on any atom is 0.206 e. The summed E-state index contributed by atoms with van der Waals surface area (Å²) in [6.07, 6.45) is 1.33. The molecule has 2 aliphatic carbocycles. The summed E-state index contributed by atoms with van der Waals surface area (Å²) in [5.74, 6) is -0.849. The van der Waals surface area contributed by atoms with Crippen molar-refractivity contribution < 1.29 is 14.7 Å². The first kappa shape index (κ1) is 10.1. The Balaban J connectivity index is 2.55. The number of hydrogen-bond donors (Lipinski definition) is 1. The second kappa shape index (κ2) is 2.80. The number of ketones is 2. The normalized spacial score (nSPS) is 46.4. The minimum absolute atomic E-state index is 0.137. The van der Waals surface area contributed by atoms with E-state index in [-0.39, 0.29) is 30.0 Å². The minimum atomic E-state index is -0.787. The first-order chi connectivity index (χ1) is 6.53. The van der Waals surface area contributed by atoms with Crippen molar-refractivity contribution >= 4 is 23.2 Å². The minimum Gasteiger partial charge on any atom is -0.396 e. The number of alkyl halides is 1. The molecule has 0 aromatic heterocycles. The Morgan fingerprint density at radius 2 is 2.21 bits per heavy atom. The third kappa shape index (κ3) is 0.789. The van der Waals surface area contributed by atoms with Gasteiger partial charge >= 0.3 is 0 Å². The van der Waals surface area contributed by atoms with Gasteiger partial charge in [0.15, 0.2) is 0 Å². The Morgan fingerprint density at radius 1 is 1.57 bits per heavy atom. The number of rotatable bonds is 2. The Hall–Kier alpha value is -0.410. The van der Waals surface area contributed by atoms with Crippen LogP contribution in [0.3, 0.4) is 0 Å². The van der Waals surface area contributed by atoms with Crippen molar-refractivity contribution in [3.05, 3.63) is 0 Å². The van der Waals surface area contributed by atoms with E-state index in [1.54, 1.807) is 6.92 Å². The summed E-state index contributed by atoms with van der Waals surface area (Å²) in [5.41, 5.74) is -1.41. The molecule has 0 aromatic carbocycles. The lowest BCUT2D eigenvalue weighted by atomic mass is 9.69. The molecule has 0 spiro atoms. The first-order valence-electron chi connectivity index (χ1n) is 4.79. The number of Topliss-reactive ketones (excluding diaryl/α,β-unsaturated/α-hetero) is 2. The lowest BCUT2D eigenvalue weighted by Crippen LogP contribution is -2.42. The van der Waals surface area contributed by atoms with E-state index in [0.29, 0.717) is 12.8 Å². The SMILES string of the molecule is CC1(CO)C2CCC1(CCl)C(=O)C2=O. The van der Waals surface area contributed by atoms with Crippen LogP contribution in [0, 0.1) is 16.7 Å². The molecule has 0 heterocycles. The molecule has 1 N–H and O–H groups in total. The zero-order valence-electron chi connectivity index (χ0n) is 8.05. The van der Waals surface area contributed by atoms with Crippen LogP contribution < -0.4 is 0 Å². The molecule has 2 rings (SSSR count). The maximum absolute atomic E-state index is 11.7. The monoisotopic (exact) mass is 216 g/mol. The van der Waals surface area contributed by atoms with Gasteiger partial charge in [-0.25, -0.2) is 0 Å². The van der Waals surface area contributed by atoms with Crippen LogP contribution in [0.15, 0.2) is 0 Å². The van der Waals surface area contributed by atoms with Crippen molar-refractivity contribution in [3.63, 3.8) is 0 Å². The van der Waals surface area contributed by atoms with Crippen LogP contribution in [0.25, 0.3) is 0 Å². The Bertz CT molecular complexity index is 314. The fourth-order valence-electron chi connectivity index (χ4n) is 3.06. The number of carbonyl (C=O) groups excluding carboxylic acids is 2. The third-order valence-electron chi connectivity index (χ3n) is 4.25. The number of aliphatic hydroxyl groups is 1. The van der Waals surface area contributed by atoms with Crippen molar-refractivity contribution in [2.75, 3.05) is 12.5 Å². The van der Waals surface area contributed by atoms with Gasteiger partial charge in [-0.15, -0.1) is 11.6 Å². The first-order valence-corrected chi connectivity index (χ1v) is 5.32. The van der Waals surface area contributed by atoms with Gasteiger partial charge in [0.2, 0.25) is 11.6 Å². The number of hydrogen-bond acceptors (Lipinski definition) is 3. The lowest BCUT2D eigenvalue weighted by Gasteiger charge is -2.35. The van der Waals surface area contributed by atoms with Gasteiger partial charge in [0.25, 0.3) is 0 Å². The molecule has 3 unspecified atom stereocenters. The highest BCUT2D eigenvalue weighted by Gasteiger charge is 2.70. The number of halogens is 1. The molecule has 0 aromatic rings. The van der Waals surface area contributed by atoms with Crippen molar-refractivity contribution in [3.8, 4) is 0 Å². The molecular formula is C10H13ClO3. The van der Waals surface area contributed by atoms with Crippen LogP contribution in [0.5, 0.6) is 0 Å². The van der Waals surface area contributed by atoms with Gasteiger partial charge in [-0.05, 0) is 12.8 Å². The zero-order chi connectivity index (χ0) is 10.6. The van der Waals surface area contributed by atoms with Gasteiger partial charge in [-0.2, -0.15) is 0 Å². The standard InChI is InChI=1S/C10H13ClO3/c1-9(5-12)6-2-3-10(9,4-11)8(14)7(6)13/h6,12H,2-5H2,1H3. The van der Waals surface area contributed by atoms with E-state index in [9.17, 15) is 14.7 Å². The van der Waals surface area contributed by atoms with Gasteiger partial charge in [-0.1, -0.05) is 6.92 Å². The highest BCUT2D eigenvalue weighted by atomic mass is 35.5. The van der Waals surface area contributed by atoms with Gasteiger partial charge in [0.05, 0.1) is 12.0 Å². The Labute approximate surface area is 87.4 Å². The van der Waals surface area contributed by atoms with Crippen LogP contribution in [0.4, 0.5) is 0 Å². The predicted molar refractivity (Wildman–Crippen MR) is 51.1 cm³/mol. The molecule has 78 valence electrons. The fourth-order valence-corrected chi connectivity index (χ4v) is 3.62. The van der Waals surface area contributed by atoms with E-state index in [4.69, 9.17) is 11.6 Å². The quantitative estimate of drug-likeness (QED) is 0.548. The summed E-state index contributed by atoms with van der Waals surface area (Å²) >= 11 is 5.83. The molecule has 3 atom stereocenters. The molecule has 14 heavy (non-hydrogen) atoms. The van der Waals surface area contributed by atoms with Gasteiger partial charge in [0.1, 0.15) is 0 Å². The summed E-state index contributed by atoms with van der Waals surface area (Å²) in [6.45, 7) is 1.66. The molecule has 0 amide bonds. The Morgan fingerprint density at radius 3 is 2.64 bits per heavy atom. The van der Waals surface area contributed by atoms with E-state index < -0.39 is 10.8 Å². The van der Waals surface area contributed by atoms with E-state index in [2.05, 4.69) is 0 Å². The highest BCUT2D eigenvalue weighted by Crippen LogP contribution is 2.62. The molecule has 4 heteroatoms. The van der Waals surface area contributed by atoms with Gasteiger partial charge in [-0.3, -0.25) is 9.59 Å². The van der Waals surface area contributed by atoms with Gasteiger partial charge in [0, 0.05) is 17.2 Å². The van der Waals surface area contributed by atoms with Crippen molar-refractivity contribution in [2.24, 2.45) is 16.7 Å². The second-order valence-electron chi connectivity index (χ2n) is 4.58. The van der Waals surface area contributed by atoms with E-state index in [0.717, 1.165) is 0 Å². The molecule has 0 radical (unpaired) electrons. The summed E-state index contributed by atoms with van der Waals surface area (Å²) in [5, 5.41) is 9.37. The van der Waals surface area contributed by atoms with Crippen LogP contribution >= 0.6 is 11.6 Å². The van der Waals surface area contributed by atoms with Crippen LogP contribution in [0.2, 0.25) is 0 Å². The molecule has 3 nitrogen and oxygen atoms in total. The predicted octanol–water partition coefficient (Wildman–Crippen LogP) is 0.772. The zero-order valence-corrected chi connectivity index (χ0v) is 8.80. The van der Waals surface area contributed by atoms with Crippen molar-refractivity contribution in [1.82, 2.24) is 0 Å². The maximum atomic E-state index is 11.7. The van der Waals surface area contributed by atoms with Crippen molar-refractivity contribution in [2.45, 2.75) is 19.8 Å². The molecular weight excluding hydrogens is 204 g/mol. The second-order valence-corrected chi connectivity index (χ2v) is 4.84. The largest absolute Gasteiger partial charge is 0.396 e. The van der Waals surface area contributed by atoms with Crippen molar-refractivity contribution in [1.29, 1.82) is 0 Å². The van der Waals surface area contributed by atoms with Crippen LogP contribution in [-0.2, 0) is 9.59 Å². The molecule has 2 saturated carbocycles. The smallest absolute Gasteiger partial charge is 0.206 e.